The van der Waals surface area contributed by atoms with Gasteiger partial charge in [0, 0.05) is 31.1 Å². The Morgan fingerprint density at radius 1 is 1.37 bits per heavy atom. The molecule has 19 heavy (non-hydrogen) atoms. The predicted molar refractivity (Wildman–Crippen MR) is 71.0 cm³/mol. The van der Waals surface area contributed by atoms with Crippen molar-refractivity contribution in [3.8, 4) is 11.3 Å². The van der Waals surface area contributed by atoms with E-state index in [2.05, 4.69) is 10.3 Å². The summed E-state index contributed by atoms with van der Waals surface area (Å²) in [4.78, 5) is 4.29. The number of rotatable bonds is 6. The van der Waals surface area contributed by atoms with E-state index in [9.17, 15) is 8.78 Å². The Labute approximate surface area is 114 Å². The van der Waals surface area contributed by atoms with Gasteiger partial charge in [-0.1, -0.05) is 0 Å². The number of nitrogens with zero attached hydrogens (tertiary/aromatic N) is 1. The second kappa shape index (κ2) is 6.70. The van der Waals surface area contributed by atoms with Gasteiger partial charge < -0.3 is 10.1 Å². The van der Waals surface area contributed by atoms with E-state index in [1.807, 2.05) is 0 Å². The van der Waals surface area contributed by atoms with Crippen LogP contribution in [0.4, 0.5) is 8.78 Å². The molecule has 0 saturated heterocycles. The average Bonchev–Trinajstić information content (AvgIpc) is 2.86. The number of hydrogen-bond donors (Lipinski definition) is 1. The minimum Gasteiger partial charge on any atom is -0.383 e. The lowest BCUT2D eigenvalue weighted by atomic mass is 10.1. The Hall–Kier alpha value is -1.37. The normalized spacial score (nSPS) is 10.9. The zero-order valence-electron chi connectivity index (χ0n) is 10.5. The summed E-state index contributed by atoms with van der Waals surface area (Å²) in [6, 6.07) is 3.37. The summed E-state index contributed by atoms with van der Waals surface area (Å²) in [7, 11) is 1.63. The number of thiazole rings is 1. The first-order valence-corrected chi connectivity index (χ1v) is 6.68. The monoisotopic (exact) mass is 284 g/mol. The highest BCUT2D eigenvalue weighted by Crippen LogP contribution is 2.25. The fourth-order valence-corrected chi connectivity index (χ4v) is 2.34. The van der Waals surface area contributed by atoms with Crippen molar-refractivity contribution >= 4 is 11.3 Å². The van der Waals surface area contributed by atoms with Crippen LogP contribution in [0.1, 0.15) is 5.01 Å². The number of aromatic nitrogens is 1. The summed E-state index contributed by atoms with van der Waals surface area (Å²) in [5, 5.41) is 5.70. The summed E-state index contributed by atoms with van der Waals surface area (Å²) in [6.45, 7) is 1.93. The molecule has 1 N–H and O–H groups in total. The van der Waals surface area contributed by atoms with Crippen LogP contribution in [0.5, 0.6) is 0 Å². The molecule has 0 aliphatic rings. The number of hydrogen-bond acceptors (Lipinski definition) is 4. The third-order valence-electron chi connectivity index (χ3n) is 2.52. The molecule has 0 fully saturated rings. The van der Waals surface area contributed by atoms with Crippen LogP contribution in [0.25, 0.3) is 11.3 Å². The van der Waals surface area contributed by atoms with E-state index in [1.54, 1.807) is 12.5 Å². The van der Waals surface area contributed by atoms with Crippen LogP contribution >= 0.6 is 11.3 Å². The van der Waals surface area contributed by atoms with Crippen LogP contribution in [0.2, 0.25) is 0 Å². The molecule has 3 nitrogen and oxygen atoms in total. The highest BCUT2D eigenvalue weighted by molar-refractivity contribution is 7.09. The Balaban J connectivity index is 2.06. The molecule has 1 aromatic carbocycles. The minimum absolute atomic E-state index is 0.194. The van der Waals surface area contributed by atoms with Gasteiger partial charge in [-0.05, 0) is 18.2 Å². The van der Waals surface area contributed by atoms with E-state index in [0.29, 0.717) is 18.8 Å². The van der Waals surface area contributed by atoms with E-state index in [0.717, 1.165) is 29.8 Å². The van der Waals surface area contributed by atoms with E-state index in [-0.39, 0.29) is 5.56 Å². The fraction of sp³-hybridized carbons (Fsp3) is 0.308. The molecule has 0 amide bonds. The van der Waals surface area contributed by atoms with Crippen molar-refractivity contribution in [2.24, 2.45) is 0 Å². The molecule has 0 unspecified atom stereocenters. The van der Waals surface area contributed by atoms with Gasteiger partial charge in [0.15, 0.2) is 0 Å². The molecular formula is C13H14F2N2OS. The summed E-state index contributed by atoms with van der Waals surface area (Å²) in [5.74, 6) is -0.935. The Morgan fingerprint density at radius 3 is 3.00 bits per heavy atom. The maximum absolute atomic E-state index is 13.6. The van der Waals surface area contributed by atoms with Gasteiger partial charge in [-0.15, -0.1) is 11.3 Å². The molecule has 0 aliphatic heterocycles. The molecule has 2 rings (SSSR count). The molecule has 102 valence electrons. The SMILES string of the molecule is COCCNCc1nc(-c2cc(F)ccc2F)cs1. The highest BCUT2D eigenvalue weighted by atomic mass is 32.1. The van der Waals surface area contributed by atoms with Gasteiger partial charge in [-0.25, -0.2) is 13.8 Å². The average molecular weight is 284 g/mol. The van der Waals surface area contributed by atoms with Crippen molar-refractivity contribution < 1.29 is 13.5 Å². The molecule has 2 aromatic rings. The molecule has 1 heterocycles. The van der Waals surface area contributed by atoms with Gasteiger partial charge >= 0.3 is 0 Å². The van der Waals surface area contributed by atoms with Crippen LogP contribution in [-0.2, 0) is 11.3 Å². The molecule has 1 aromatic heterocycles. The molecule has 0 radical (unpaired) electrons. The second-order valence-electron chi connectivity index (χ2n) is 3.92. The van der Waals surface area contributed by atoms with Gasteiger partial charge in [0.1, 0.15) is 16.6 Å². The predicted octanol–water partition coefficient (Wildman–Crippen LogP) is 2.82. The van der Waals surface area contributed by atoms with Crippen LogP contribution in [0.3, 0.4) is 0 Å². The van der Waals surface area contributed by atoms with Gasteiger partial charge in [0.05, 0.1) is 12.3 Å². The number of nitrogens with one attached hydrogen (secondary N) is 1. The van der Waals surface area contributed by atoms with Crippen LogP contribution in [0, 0.1) is 11.6 Å². The molecule has 0 saturated carbocycles. The van der Waals surface area contributed by atoms with E-state index in [4.69, 9.17) is 4.74 Å². The third-order valence-corrected chi connectivity index (χ3v) is 3.36. The molecule has 0 atom stereocenters. The topological polar surface area (TPSA) is 34.1 Å². The van der Waals surface area contributed by atoms with Gasteiger partial charge in [0.25, 0.3) is 0 Å². The lowest BCUT2D eigenvalue weighted by Gasteiger charge is -2.01. The molecule has 6 heteroatoms. The first-order chi connectivity index (χ1) is 9.20. The van der Waals surface area contributed by atoms with Crippen molar-refractivity contribution in [1.29, 1.82) is 0 Å². The first-order valence-electron chi connectivity index (χ1n) is 5.80. The summed E-state index contributed by atoms with van der Waals surface area (Å²) in [6.07, 6.45) is 0. The fourth-order valence-electron chi connectivity index (χ4n) is 1.58. The largest absolute Gasteiger partial charge is 0.383 e. The maximum atomic E-state index is 13.6. The van der Waals surface area contributed by atoms with Crippen molar-refractivity contribution in [2.45, 2.75) is 6.54 Å². The standard InChI is InChI=1S/C13H14F2N2OS/c1-18-5-4-16-7-13-17-12(8-19-13)10-6-9(14)2-3-11(10)15/h2-3,6,8,16H,4-5,7H2,1H3. The molecular weight excluding hydrogens is 270 g/mol. The Morgan fingerprint density at radius 2 is 2.21 bits per heavy atom. The van der Waals surface area contributed by atoms with E-state index < -0.39 is 11.6 Å². The van der Waals surface area contributed by atoms with Crippen molar-refractivity contribution in [3.63, 3.8) is 0 Å². The second-order valence-corrected chi connectivity index (χ2v) is 4.86. The van der Waals surface area contributed by atoms with Crippen LogP contribution in [-0.4, -0.2) is 25.2 Å². The maximum Gasteiger partial charge on any atom is 0.132 e. The van der Waals surface area contributed by atoms with Gasteiger partial charge in [0.2, 0.25) is 0 Å². The van der Waals surface area contributed by atoms with Gasteiger partial charge in [-0.2, -0.15) is 0 Å². The number of methoxy groups -OCH3 is 1. The number of benzene rings is 1. The number of ether oxygens (including phenoxy) is 1. The number of halogens is 2. The third kappa shape index (κ3) is 3.79. The minimum atomic E-state index is -0.468. The van der Waals surface area contributed by atoms with Crippen molar-refractivity contribution in [3.05, 3.63) is 40.2 Å². The summed E-state index contributed by atoms with van der Waals surface area (Å²) < 4.78 is 31.6. The first kappa shape index (κ1) is 14.0. The van der Waals surface area contributed by atoms with Crippen LogP contribution in [0.15, 0.2) is 23.6 Å². The lowest BCUT2D eigenvalue weighted by molar-refractivity contribution is 0.199. The molecule has 0 bridgehead atoms. The lowest BCUT2D eigenvalue weighted by Crippen LogP contribution is -2.18. The summed E-state index contributed by atoms with van der Waals surface area (Å²) >= 11 is 1.41. The molecule has 0 aliphatic carbocycles. The van der Waals surface area contributed by atoms with Crippen LogP contribution < -0.4 is 5.32 Å². The van der Waals surface area contributed by atoms with Gasteiger partial charge in [-0.3, -0.25) is 0 Å². The Bertz CT molecular complexity index is 545. The molecule has 0 spiro atoms. The van der Waals surface area contributed by atoms with Crippen molar-refractivity contribution in [2.75, 3.05) is 20.3 Å². The smallest absolute Gasteiger partial charge is 0.132 e. The van der Waals surface area contributed by atoms with Crippen molar-refractivity contribution in [1.82, 2.24) is 10.3 Å². The zero-order valence-corrected chi connectivity index (χ0v) is 11.3. The van der Waals surface area contributed by atoms with E-state index >= 15 is 0 Å². The highest BCUT2D eigenvalue weighted by Gasteiger charge is 2.10. The van der Waals surface area contributed by atoms with E-state index in [1.165, 1.54) is 11.3 Å². The quantitative estimate of drug-likeness (QED) is 0.828. The Kier molecular flexibility index (Phi) is 4.95. The summed E-state index contributed by atoms with van der Waals surface area (Å²) in [5.41, 5.74) is 0.657. The zero-order chi connectivity index (χ0) is 13.7.